The highest BCUT2D eigenvalue weighted by Gasteiger charge is 2.22. The second-order valence-corrected chi connectivity index (χ2v) is 7.20. The van der Waals surface area contributed by atoms with Gasteiger partial charge in [0.05, 0.1) is 12.1 Å². The summed E-state index contributed by atoms with van der Waals surface area (Å²) in [4.78, 5) is 60.5. The van der Waals surface area contributed by atoms with Crippen molar-refractivity contribution < 1.29 is 33.8 Å². The van der Waals surface area contributed by atoms with Gasteiger partial charge >= 0.3 is 5.97 Å². The summed E-state index contributed by atoms with van der Waals surface area (Å²) in [6, 6.07) is 11.3. The van der Waals surface area contributed by atoms with E-state index in [9.17, 15) is 24.0 Å². The van der Waals surface area contributed by atoms with Crippen molar-refractivity contribution in [2.45, 2.75) is 38.3 Å². The number of carboxylic acid groups (broad SMARTS) is 1. The van der Waals surface area contributed by atoms with Crippen molar-refractivity contribution in [1.82, 2.24) is 5.32 Å². The Morgan fingerprint density at radius 1 is 1.06 bits per heavy atom. The fourth-order valence-corrected chi connectivity index (χ4v) is 2.92. The lowest BCUT2D eigenvalue weighted by Gasteiger charge is -2.17. The summed E-state index contributed by atoms with van der Waals surface area (Å²) in [5.74, 6) is -2.27. The van der Waals surface area contributed by atoms with Crippen LogP contribution in [-0.4, -0.2) is 46.9 Å². The van der Waals surface area contributed by atoms with E-state index >= 15 is 0 Å². The molecule has 0 aliphatic heterocycles. The molecule has 0 aromatic heterocycles. The number of amides is 2. The molecule has 0 fully saturated rings. The number of carboxylic acids is 1. The summed E-state index contributed by atoms with van der Waals surface area (Å²) >= 11 is 0. The van der Waals surface area contributed by atoms with Crippen molar-refractivity contribution in [3.8, 4) is 5.75 Å². The molecule has 0 aliphatic carbocycles. The number of primary amides is 1. The van der Waals surface area contributed by atoms with Crippen LogP contribution in [0.4, 0.5) is 5.69 Å². The van der Waals surface area contributed by atoms with Crippen LogP contribution in [0.15, 0.2) is 53.5 Å². The molecule has 2 unspecified atom stereocenters. The summed E-state index contributed by atoms with van der Waals surface area (Å²) in [7, 11) is 0. The molecule has 2 atom stereocenters. The number of carbonyl (C=O) groups is 4. The quantitative estimate of drug-likeness (QED) is 0.251. The third-order valence-corrected chi connectivity index (χ3v) is 4.54. The fraction of sp³-hybridized carbons (Fsp3) is 0.261. The van der Waals surface area contributed by atoms with Crippen molar-refractivity contribution in [2.24, 2.45) is 10.7 Å². The molecule has 0 radical (unpaired) electrons. The molecule has 10 heteroatoms. The van der Waals surface area contributed by atoms with Crippen LogP contribution in [0.3, 0.4) is 0 Å². The van der Waals surface area contributed by atoms with Crippen LogP contribution >= 0.6 is 0 Å². The van der Waals surface area contributed by atoms with Crippen LogP contribution in [0.5, 0.6) is 5.75 Å². The largest absolute Gasteiger partial charge is 0.490 e. The zero-order valence-electron chi connectivity index (χ0n) is 17.8. The van der Waals surface area contributed by atoms with Crippen molar-refractivity contribution >= 4 is 35.3 Å². The lowest BCUT2D eigenvalue weighted by Crippen LogP contribution is -2.42. The molecule has 0 heterocycles. The van der Waals surface area contributed by atoms with Gasteiger partial charge in [-0.05, 0) is 61.9 Å². The number of isocyanates is 1. The molecule has 2 aromatic rings. The Kier molecular flexibility index (Phi) is 9.02. The molecule has 2 amide bonds. The number of aliphatic carboxylic acids is 1. The first-order valence-corrected chi connectivity index (χ1v) is 9.99. The number of ketones is 1. The molecule has 2 aromatic carbocycles. The van der Waals surface area contributed by atoms with Gasteiger partial charge in [-0.2, -0.15) is 4.99 Å². The minimum atomic E-state index is -1.26. The van der Waals surface area contributed by atoms with Crippen LogP contribution < -0.4 is 15.8 Å². The van der Waals surface area contributed by atoms with Gasteiger partial charge in [-0.15, -0.1) is 0 Å². The van der Waals surface area contributed by atoms with E-state index in [1.165, 1.54) is 18.2 Å². The lowest BCUT2D eigenvalue weighted by molar-refractivity contribution is -0.142. The van der Waals surface area contributed by atoms with Gasteiger partial charge in [0, 0.05) is 17.5 Å². The summed E-state index contributed by atoms with van der Waals surface area (Å²) in [6.07, 6.45) is 0.470. The Morgan fingerprint density at radius 2 is 1.64 bits per heavy atom. The molecule has 0 aliphatic rings. The Bertz CT molecular complexity index is 1060. The highest BCUT2D eigenvalue weighted by Crippen LogP contribution is 2.19. The maximum absolute atomic E-state index is 12.6. The van der Waals surface area contributed by atoms with Gasteiger partial charge in [-0.3, -0.25) is 14.4 Å². The second kappa shape index (κ2) is 11.9. The van der Waals surface area contributed by atoms with E-state index in [4.69, 9.17) is 15.6 Å². The molecular weight excluding hydrogens is 430 g/mol. The predicted molar refractivity (Wildman–Crippen MR) is 117 cm³/mol. The van der Waals surface area contributed by atoms with Crippen molar-refractivity contribution in [1.29, 1.82) is 0 Å². The maximum atomic E-state index is 12.6. The van der Waals surface area contributed by atoms with E-state index in [1.54, 1.807) is 43.3 Å². The Morgan fingerprint density at radius 3 is 2.15 bits per heavy atom. The molecule has 33 heavy (non-hydrogen) atoms. The van der Waals surface area contributed by atoms with Crippen molar-refractivity contribution in [3.05, 3.63) is 59.7 Å². The number of aliphatic imine (C=N–C) groups is 1. The minimum Gasteiger partial charge on any atom is -0.490 e. The van der Waals surface area contributed by atoms with Crippen LogP contribution in [0.1, 0.15) is 42.1 Å². The molecule has 4 N–H and O–H groups in total. The SMILES string of the molecule is CC(CC(=O)NC(CCC(N)=O)C(=O)O)Oc1ccc(C(=O)c2ccc(N=C=O)cc2)cc1. The summed E-state index contributed by atoms with van der Waals surface area (Å²) in [6.45, 7) is 1.64. The lowest BCUT2D eigenvalue weighted by atomic mass is 10.0. The van der Waals surface area contributed by atoms with E-state index in [-0.39, 0.29) is 25.0 Å². The summed E-state index contributed by atoms with van der Waals surface area (Å²) in [5, 5.41) is 11.5. The van der Waals surface area contributed by atoms with Gasteiger partial charge in [-0.25, -0.2) is 9.59 Å². The average molecular weight is 453 g/mol. The first-order chi connectivity index (χ1) is 15.7. The number of rotatable bonds is 12. The molecular formula is C23H23N3O7. The van der Waals surface area contributed by atoms with Crippen LogP contribution in [0, 0.1) is 0 Å². The highest BCUT2D eigenvalue weighted by molar-refractivity contribution is 6.09. The van der Waals surface area contributed by atoms with E-state index < -0.39 is 29.9 Å². The topological polar surface area (TPSA) is 165 Å². The van der Waals surface area contributed by atoms with Crippen LogP contribution in [0.2, 0.25) is 0 Å². The molecule has 2 rings (SSSR count). The van der Waals surface area contributed by atoms with Gasteiger partial charge in [0.15, 0.2) is 5.78 Å². The number of hydrogen-bond acceptors (Lipinski definition) is 7. The third-order valence-electron chi connectivity index (χ3n) is 4.54. The van der Waals surface area contributed by atoms with E-state index in [0.717, 1.165) is 0 Å². The predicted octanol–water partition coefficient (Wildman–Crippen LogP) is 1.88. The van der Waals surface area contributed by atoms with Gasteiger partial charge in [-0.1, -0.05) is 0 Å². The van der Waals surface area contributed by atoms with Crippen LogP contribution in [0.25, 0.3) is 0 Å². The van der Waals surface area contributed by atoms with E-state index in [0.29, 0.717) is 22.6 Å². The maximum Gasteiger partial charge on any atom is 0.326 e. The normalized spacial score (nSPS) is 12.0. The molecule has 0 bridgehead atoms. The number of carbonyl (C=O) groups excluding carboxylic acids is 4. The average Bonchev–Trinajstić information content (AvgIpc) is 2.77. The number of ether oxygens (including phenoxy) is 1. The zero-order chi connectivity index (χ0) is 24.4. The molecule has 0 saturated heterocycles. The second-order valence-electron chi connectivity index (χ2n) is 7.20. The monoisotopic (exact) mass is 453 g/mol. The standard InChI is InChI=1S/C23H23N3O7/c1-14(12-21(29)26-19(23(31)32)10-11-20(24)28)33-18-8-4-16(5-9-18)22(30)15-2-6-17(7-3-15)25-13-27/h2-9,14,19H,10-12H2,1H3,(H2,24,28)(H,26,29)(H,31,32). The van der Waals surface area contributed by atoms with Crippen LogP contribution in [-0.2, 0) is 19.2 Å². The molecule has 10 nitrogen and oxygen atoms in total. The minimum absolute atomic E-state index is 0.103. The number of benzene rings is 2. The van der Waals surface area contributed by atoms with Gasteiger partial charge in [0.1, 0.15) is 17.9 Å². The number of nitrogens with two attached hydrogens (primary N) is 1. The molecule has 0 saturated carbocycles. The van der Waals surface area contributed by atoms with Crippen molar-refractivity contribution in [2.75, 3.05) is 0 Å². The Balaban J connectivity index is 1.92. The highest BCUT2D eigenvalue weighted by atomic mass is 16.5. The molecule has 0 spiro atoms. The number of nitrogens with one attached hydrogen (secondary N) is 1. The Hall–Kier alpha value is -4.30. The first-order valence-electron chi connectivity index (χ1n) is 9.99. The fourth-order valence-electron chi connectivity index (χ4n) is 2.92. The first kappa shape index (κ1) is 25.0. The molecule has 172 valence electrons. The third kappa shape index (κ3) is 8.04. The van der Waals surface area contributed by atoms with Crippen molar-refractivity contribution in [3.63, 3.8) is 0 Å². The zero-order valence-corrected chi connectivity index (χ0v) is 17.8. The van der Waals surface area contributed by atoms with E-state index in [2.05, 4.69) is 10.3 Å². The summed E-state index contributed by atoms with van der Waals surface area (Å²) < 4.78 is 5.67. The smallest absolute Gasteiger partial charge is 0.326 e. The summed E-state index contributed by atoms with van der Waals surface area (Å²) in [5.41, 5.74) is 6.24. The number of hydrogen-bond donors (Lipinski definition) is 3. The van der Waals surface area contributed by atoms with Gasteiger partial charge in [0.2, 0.25) is 17.9 Å². The van der Waals surface area contributed by atoms with Gasteiger partial charge < -0.3 is 20.9 Å². The van der Waals surface area contributed by atoms with Gasteiger partial charge in [0.25, 0.3) is 0 Å². The Labute approximate surface area is 189 Å². The van der Waals surface area contributed by atoms with E-state index in [1.807, 2.05) is 0 Å². The number of nitrogens with zero attached hydrogens (tertiary/aromatic N) is 1.